The second-order valence-corrected chi connectivity index (χ2v) is 7.05. The van der Waals surface area contributed by atoms with E-state index < -0.39 is 0 Å². The molecule has 3 heteroatoms. The van der Waals surface area contributed by atoms with E-state index in [-0.39, 0.29) is 5.60 Å². The Morgan fingerprint density at radius 1 is 1.26 bits per heavy atom. The first-order valence-corrected chi connectivity index (χ1v) is 8.04. The summed E-state index contributed by atoms with van der Waals surface area (Å²) in [7, 11) is 4.49. The van der Waals surface area contributed by atoms with Gasteiger partial charge in [0, 0.05) is 24.7 Å². The highest BCUT2D eigenvalue weighted by atomic mass is 16.5. The molecule has 1 aliphatic heterocycles. The van der Waals surface area contributed by atoms with Crippen molar-refractivity contribution in [3.8, 4) is 0 Å². The van der Waals surface area contributed by atoms with Gasteiger partial charge < -0.3 is 15.0 Å². The standard InChI is InChI=1S/C16H32N2O/c1-5-15(2)12-14(8-11-19-15)17-13-16(18(3)4)9-6-7-10-16/h14,17H,5-13H2,1-4H3. The lowest BCUT2D eigenvalue weighted by molar-refractivity contribution is -0.0790. The van der Waals surface area contributed by atoms with E-state index in [9.17, 15) is 0 Å². The van der Waals surface area contributed by atoms with Crippen LogP contribution in [0.1, 0.15) is 58.8 Å². The fourth-order valence-corrected chi connectivity index (χ4v) is 3.70. The minimum absolute atomic E-state index is 0.0941. The number of likely N-dealkylation sites (N-methyl/N-ethyl adjacent to an activating group) is 1. The first kappa shape index (κ1) is 15.3. The second kappa shape index (κ2) is 6.11. The molecule has 1 heterocycles. The van der Waals surface area contributed by atoms with Crippen LogP contribution < -0.4 is 5.32 Å². The van der Waals surface area contributed by atoms with Crippen molar-refractivity contribution in [2.75, 3.05) is 27.2 Å². The van der Waals surface area contributed by atoms with Crippen LogP contribution in [0.5, 0.6) is 0 Å². The molecule has 1 aliphatic carbocycles. The average Bonchev–Trinajstić information content (AvgIpc) is 2.87. The van der Waals surface area contributed by atoms with Gasteiger partial charge in [-0.05, 0) is 53.1 Å². The molecule has 2 aliphatic rings. The fraction of sp³-hybridized carbons (Fsp3) is 1.00. The predicted molar refractivity (Wildman–Crippen MR) is 80.6 cm³/mol. The first-order chi connectivity index (χ1) is 9.00. The predicted octanol–water partition coefficient (Wildman–Crippen LogP) is 2.80. The van der Waals surface area contributed by atoms with Crippen LogP contribution in [0, 0.1) is 0 Å². The van der Waals surface area contributed by atoms with E-state index in [0.29, 0.717) is 11.6 Å². The summed E-state index contributed by atoms with van der Waals surface area (Å²) in [6, 6.07) is 0.635. The van der Waals surface area contributed by atoms with Crippen molar-refractivity contribution in [2.45, 2.75) is 76.0 Å². The van der Waals surface area contributed by atoms with Crippen molar-refractivity contribution in [1.29, 1.82) is 0 Å². The minimum Gasteiger partial charge on any atom is -0.375 e. The summed E-state index contributed by atoms with van der Waals surface area (Å²) in [4.78, 5) is 2.45. The SMILES string of the molecule is CCC1(C)CC(NCC2(N(C)C)CCCC2)CCO1. The van der Waals surface area contributed by atoms with Crippen molar-refractivity contribution >= 4 is 0 Å². The second-order valence-electron chi connectivity index (χ2n) is 7.05. The van der Waals surface area contributed by atoms with Gasteiger partial charge in [-0.25, -0.2) is 0 Å². The average molecular weight is 268 g/mol. The van der Waals surface area contributed by atoms with E-state index >= 15 is 0 Å². The Hall–Kier alpha value is -0.120. The zero-order chi connectivity index (χ0) is 13.9. The Balaban J connectivity index is 1.87. The van der Waals surface area contributed by atoms with Gasteiger partial charge in [0.2, 0.25) is 0 Å². The molecule has 0 radical (unpaired) electrons. The molecule has 0 aromatic carbocycles. The normalized spacial score (nSPS) is 34.9. The molecule has 2 atom stereocenters. The fourth-order valence-electron chi connectivity index (χ4n) is 3.70. The zero-order valence-corrected chi connectivity index (χ0v) is 13.3. The van der Waals surface area contributed by atoms with Gasteiger partial charge in [-0.1, -0.05) is 19.8 Å². The molecule has 0 spiro atoms. The van der Waals surface area contributed by atoms with Crippen LogP contribution in [0.15, 0.2) is 0 Å². The van der Waals surface area contributed by atoms with Crippen molar-refractivity contribution < 1.29 is 4.74 Å². The molecule has 1 saturated carbocycles. The first-order valence-electron chi connectivity index (χ1n) is 8.04. The maximum absolute atomic E-state index is 5.94. The number of ether oxygens (including phenoxy) is 1. The molecule has 112 valence electrons. The van der Waals surface area contributed by atoms with Gasteiger partial charge in [0.15, 0.2) is 0 Å². The summed E-state index contributed by atoms with van der Waals surface area (Å²) >= 11 is 0. The van der Waals surface area contributed by atoms with E-state index in [4.69, 9.17) is 4.74 Å². The quantitative estimate of drug-likeness (QED) is 0.830. The van der Waals surface area contributed by atoms with E-state index in [1.165, 1.54) is 32.1 Å². The molecule has 2 fully saturated rings. The van der Waals surface area contributed by atoms with E-state index in [1.807, 2.05) is 0 Å². The molecule has 2 rings (SSSR count). The largest absolute Gasteiger partial charge is 0.375 e. The lowest BCUT2D eigenvalue weighted by Crippen LogP contribution is -2.54. The van der Waals surface area contributed by atoms with Gasteiger partial charge in [-0.3, -0.25) is 0 Å². The Bertz CT molecular complexity index is 286. The molecule has 0 aromatic heterocycles. The smallest absolute Gasteiger partial charge is 0.0666 e. The Morgan fingerprint density at radius 3 is 2.53 bits per heavy atom. The maximum atomic E-state index is 5.94. The van der Waals surface area contributed by atoms with Crippen LogP contribution in [0.3, 0.4) is 0 Å². The van der Waals surface area contributed by atoms with E-state index in [2.05, 4.69) is 38.2 Å². The number of nitrogens with zero attached hydrogens (tertiary/aromatic N) is 1. The molecule has 1 saturated heterocycles. The van der Waals surface area contributed by atoms with Gasteiger partial charge in [0.1, 0.15) is 0 Å². The summed E-state index contributed by atoms with van der Waals surface area (Å²) in [5.74, 6) is 0. The molecular weight excluding hydrogens is 236 g/mol. The van der Waals surface area contributed by atoms with Crippen LogP contribution in [-0.2, 0) is 4.74 Å². The highest BCUT2D eigenvalue weighted by molar-refractivity contribution is 4.96. The van der Waals surface area contributed by atoms with E-state index in [0.717, 1.165) is 26.0 Å². The zero-order valence-electron chi connectivity index (χ0n) is 13.3. The highest BCUT2D eigenvalue weighted by Crippen LogP contribution is 2.34. The van der Waals surface area contributed by atoms with Gasteiger partial charge in [-0.2, -0.15) is 0 Å². The van der Waals surface area contributed by atoms with Gasteiger partial charge >= 0.3 is 0 Å². The minimum atomic E-state index is 0.0941. The van der Waals surface area contributed by atoms with Gasteiger partial charge in [-0.15, -0.1) is 0 Å². The third-order valence-corrected chi connectivity index (χ3v) is 5.55. The number of nitrogens with one attached hydrogen (secondary N) is 1. The third kappa shape index (κ3) is 3.50. The van der Waals surface area contributed by atoms with Crippen LogP contribution in [-0.4, -0.2) is 49.3 Å². The maximum Gasteiger partial charge on any atom is 0.0666 e. The number of hydrogen-bond donors (Lipinski definition) is 1. The molecular formula is C16H32N2O. The molecule has 2 unspecified atom stereocenters. The summed E-state index contributed by atoms with van der Waals surface area (Å²) in [6.45, 7) is 6.56. The Morgan fingerprint density at radius 2 is 1.95 bits per heavy atom. The third-order valence-electron chi connectivity index (χ3n) is 5.55. The highest BCUT2D eigenvalue weighted by Gasteiger charge is 2.37. The van der Waals surface area contributed by atoms with Crippen molar-refractivity contribution in [3.63, 3.8) is 0 Å². The van der Waals surface area contributed by atoms with Gasteiger partial charge in [0.25, 0.3) is 0 Å². The topological polar surface area (TPSA) is 24.5 Å². The Labute approximate surface area is 119 Å². The summed E-state index contributed by atoms with van der Waals surface area (Å²) in [6.07, 6.45) is 8.92. The summed E-state index contributed by atoms with van der Waals surface area (Å²) in [5.41, 5.74) is 0.498. The van der Waals surface area contributed by atoms with Crippen LogP contribution in [0.2, 0.25) is 0 Å². The Kier molecular flexibility index (Phi) is 4.91. The molecule has 1 N–H and O–H groups in total. The summed E-state index contributed by atoms with van der Waals surface area (Å²) in [5, 5.41) is 3.85. The number of hydrogen-bond acceptors (Lipinski definition) is 3. The van der Waals surface area contributed by atoms with Gasteiger partial charge in [0.05, 0.1) is 5.60 Å². The van der Waals surface area contributed by atoms with Crippen molar-refractivity contribution in [3.05, 3.63) is 0 Å². The number of rotatable bonds is 5. The summed E-state index contributed by atoms with van der Waals surface area (Å²) < 4.78 is 5.94. The van der Waals surface area contributed by atoms with Crippen LogP contribution in [0.25, 0.3) is 0 Å². The van der Waals surface area contributed by atoms with Crippen molar-refractivity contribution in [1.82, 2.24) is 10.2 Å². The van der Waals surface area contributed by atoms with Crippen LogP contribution >= 0.6 is 0 Å². The molecule has 0 aromatic rings. The van der Waals surface area contributed by atoms with E-state index in [1.54, 1.807) is 0 Å². The molecule has 0 amide bonds. The lowest BCUT2D eigenvalue weighted by Gasteiger charge is -2.42. The molecule has 0 bridgehead atoms. The lowest BCUT2D eigenvalue weighted by atomic mass is 9.88. The molecule has 3 nitrogen and oxygen atoms in total. The molecule has 19 heavy (non-hydrogen) atoms. The monoisotopic (exact) mass is 268 g/mol. The van der Waals surface area contributed by atoms with Crippen LogP contribution in [0.4, 0.5) is 0 Å². The van der Waals surface area contributed by atoms with Crippen molar-refractivity contribution in [2.24, 2.45) is 0 Å².